The molecule has 1 N–H and O–H groups in total. The molecule has 0 bridgehead atoms. The Kier molecular flexibility index (Phi) is 4.61. The van der Waals surface area contributed by atoms with Gasteiger partial charge in [-0.3, -0.25) is 10.1 Å². The zero-order valence-electron chi connectivity index (χ0n) is 10.6. The third-order valence-corrected chi connectivity index (χ3v) is 3.84. The minimum Gasteiger partial charge on any atom is -0.394 e. The van der Waals surface area contributed by atoms with Crippen LogP contribution >= 0.6 is 11.6 Å². The lowest BCUT2D eigenvalue weighted by atomic mass is 10.1. The molecule has 1 fully saturated rings. The second kappa shape index (κ2) is 6.21. The van der Waals surface area contributed by atoms with Gasteiger partial charge in [-0.25, -0.2) is 0 Å². The number of aliphatic hydroxyl groups excluding tert-OH is 1. The molecule has 1 saturated heterocycles. The third-order valence-electron chi connectivity index (χ3n) is 3.54. The summed E-state index contributed by atoms with van der Waals surface area (Å²) in [5, 5.41) is 20.6. The molecule has 0 saturated carbocycles. The molecule has 0 aliphatic carbocycles. The predicted octanol–water partition coefficient (Wildman–Crippen LogP) is 2.99. The molecule has 0 spiro atoms. The SMILES string of the molecule is O=[N+]([O-])c1ccc(N2CCCCCC2CO)c(Cl)c1. The largest absolute Gasteiger partial charge is 0.394 e. The van der Waals surface area contributed by atoms with Crippen molar-refractivity contribution in [1.82, 2.24) is 0 Å². The lowest BCUT2D eigenvalue weighted by Crippen LogP contribution is -2.37. The maximum Gasteiger partial charge on any atom is 0.271 e. The summed E-state index contributed by atoms with van der Waals surface area (Å²) in [6.07, 6.45) is 4.19. The summed E-state index contributed by atoms with van der Waals surface area (Å²) >= 11 is 6.15. The van der Waals surface area contributed by atoms with E-state index in [0.717, 1.165) is 37.9 Å². The molecule has 19 heavy (non-hydrogen) atoms. The van der Waals surface area contributed by atoms with Gasteiger partial charge in [-0.15, -0.1) is 0 Å². The van der Waals surface area contributed by atoms with E-state index >= 15 is 0 Å². The van der Waals surface area contributed by atoms with Crippen LogP contribution < -0.4 is 4.90 Å². The molecule has 6 heteroatoms. The highest BCUT2D eigenvalue weighted by Crippen LogP contribution is 2.33. The van der Waals surface area contributed by atoms with Crippen molar-refractivity contribution in [2.24, 2.45) is 0 Å². The van der Waals surface area contributed by atoms with Crippen molar-refractivity contribution in [1.29, 1.82) is 0 Å². The quantitative estimate of drug-likeness (QED) is 0.684. The van der Waals surface area contributed by atoms with E-state index in [9.17, 15) is 15.2 Å². The van der Waals surface area contributed by atoms with Crippen LogP contribution in [0.15, 0.2) is 18.2 Å². The molecule has 1 aliphatic rings. The van der Waals surface area contributed by atoms with Crippen LogP contribution in [0, 0.1) is 10.1 Å². The van der Waals surface area contributed by atoms with E-state index in [4.69, 9.17) is 11.6 Å². The van der Waals surface area contributed by atoms with Crippen molar-refractivity contribution < 1.29 is 10.0 Å². The van der Waals surface area contributed by atoms with Crippen molar-refractivity contribution in [3.05, 3.63) is 33.3 Å². The number of benzene rings is 1. The average molecular weight is 285 g/mol. The lowest BCUT2D eigenvalue weighted by Gasteiger charge is -2.31. The van der Waals surface area contributed by atoms with Gasteiger partial charge in [-0.1, -0.05) is 24.4 Å². The Labute approximate surface area is 116 Å². The van der Waals surface area contributed by atoms with Crippen LogP contribution in [0.4, 0.5) is 11.4 Å². The number of aliphatic hydroxyl groups is 1. The average Bonchev–Trinajstić information content (AvgIpc) is 2.63. The normalized spacial score (nSPS) is 20.1. The molecule has 104 valence electrons. The highest BCUT2D eigenvalue weighted by Gasteiger charge is 2.23. The Balaban J connectivity index is 2.30. The van der Waals surface area contributed by atoms with E-state index in [0.29, 0.717) is 5.02 Å². The number of nitro benzene ring substituents is 1. The summed E-state index contributed by atoms with van der Waals surface area (Å²) < 4.78 is 0. The number of hydrogen-bond donors (Lipinski definition) is 1. The van der Waals surface area contributed by atoms with Gasteiger partial charge in [0.2, 0.25) is 0 Å². The highest BCUT2D eigenvalue weighted by atomic mass is 35.5. The van der Waals surface area contributed by atoms with Gasteiger partial charge in [0.15, 0.2) is 0 Å². The zero-order chi connectivity index (χ0) is 13.8. The monoisotopic (exact) mass is 284 g/mol. The second-order valence-corrected chi connectivity index (χ2v) is 5.18. The Morgan fingerprint density at radius 1 is 1.42 bits per heavy atom. The van der Waals surface area contributed by atoms with Gasteiger partial charge in [0, 0.05) is 18.7 Å². The number of anilines is 1. The first kappa shape index (κ1) is 14.1. The Bertz CT molecular complexity index is 467. The number of hydrogen-bond acceptors (Lipinski definition) is 4. The standard InChI is InChI=1S/C13H17ClN2O3/c14-12-8-10(16(18)19)5-6-13(12)15-7-3-1-2-4-11(15)9-17/h5-6,8,11,17H,1-4,7,9H2. The van der Waals surface area contributed by atoms with Gasteiger partial charge in [0.25, 0.3) is 5.69 Å². The number of halogens is 1. The molecule has 0 amide bonds. The maximum atomic E-state index is 10.7. The zero-order valence-corrected chi connectivity index (χ0v) is 11.3. The van der Waals surface area contributed by atoms with Crippen LogP contribution in [-0.2, 0) is 0 Å². The van der Waals surface area contributed by atoms with Crippen LogP contribution in [-0.4, -0.2) is 29.2 Å². The van der Waals surface area contributed by atoms with Crippen LogP contribution in [0.25, 0.3) is 0 Å². The van der Waals surface area contributed by atoms with Gasteiger partial charge in [0.1, 0.15) is 0 Å². The molecule has 1 atom stereocenters. The van der Waals surface area contributed by atoms with Crippen molar-refractivity contribution in [3.63, 3.8) is 0 Å². The molecule has 2 rings (SSSR count). The molecule has 1 aromatic carbocycles. The molecule has 1 unspecified atom stereocenters. The number of nitro groups is 1. The van der Waals surface area contributed by atoms with E-state index in [2.05, 4.69) is 4.90 Å². The third kappa shape index (κ3) is 3.16. The van der Waals surface area contributed by atoms with E-state index < -0.39 is 4.92 Å². The fraction of sp³-hybridized carbons (Fsp3) is 0.538. The summed E-state index contributed by atoms with van der Waals surface area (Å²) in [7, 11) is 0. The number of nitrogens with zero attached hydrogens (tertiary/aromatic N) is 2. The summed E-state index contributed by atoms with van der Waals surface area (Å²) in [6, 6.07) is 4.55. The van der Waals surface area contributed by atoms with Gasteiger partial charge >= 0.3 is 0 Å². The fourth-order valence-corrected chi connectivity index (χ4v) is 2.81. The number of non-ortho nitro benzene ring substituents is 1. The molecule has 1 heterocycles. The highest BCUT2D eigenvalue weighted by molar-refractivity contribution is 6.33. The van der Waals surface area contributed by atoms with Crippen LogP contribution in [0.1, 0.15) is 25.7 Å². The van der Waals surface area contributed by atoms with E-state index in [1.54, 1.807) is 6.07 Å². The van der Waals surface area contributed by atoms with Crippen LogP contribution in [0.2, 0.25) is 5.02 Å². The van der Waals surface area contributed by atoms with Crippen LogP contribution in [0.5, 0.6) is 0 Å². The molecule has 1 aromatic rings. The smallest absolute Gasteiger partial charge is 0.271 e. The molecular formula is C13H17ClN2O3. The number of rotatable bonds is 3. The first-order valence-corrected chi connectivity index (χ1v) is 6.82. The van der Waals surface area contributed by atoms with Crippen molar-refractivity contribution >= 4 is 23.0 Å². The Morgan fingerprint density at radius 2 is 2.21 bits per heavy atom. The van der Waals surface area contributed by atoms with Crippen molar-refractivity contribution in [2.75, 3.05) is 18.1 Å². The van der Waals surface area contributed by atoms with Gasteiger partial charge in [-0.2, -0.15) is 0 Å². The minimum absolute atomic E-state index is 0.0101. The van der Waals surface area contributed by atoms with Crippen LogP contribution in [0.3, 0.4) is 0 Å². The van der Waals surface area contributed by atoms with Crippen molar-refractivity contribution in [2.45, 2.75) is 31.7 Å². The van der Waals surface area contributed by atoms with E-state index in [1.807, 2.05) is 0 Å². The molecule has 1 aliphatic heterocycles. The lowest BCUT2D eigenvalue weighted by molar-refractivity contribution is -0.384. The van der Waals surface area contributed by atoms with Gasteiger partial charge in [-0.05, 0) is 18.9 Å². The summed E-state index contributed by atoms with van der Waals surface area (Å²) in [6.45, 7) is 0.899. The van der Waals surface area contributed by atoms with Gasteiger partial charge in [0.05, 0.1) is 28.3 Å². The first-order chi connectivity index (χ1) is 9.13. The first-order valence-electron chi connectivity index (χ1n) is 6.45. The molecule has 0 aromatic heterocycles. The molecular weight excluding hydrogens is 268 g/mol. The topological polar surface area (TPSA) is 66.6 Å². The fourth-order valence-electron chi connectivity index (χ4n) is 2.53. The minimum atomic E-state index is -0.457. The summed E-state index contributed by atoms with van der Waals surface area (Å²) in [5.74, 6) is 0. The van der Waals surface area contributed by atoms with Gasteiger partial charge < -0.3 is 10.0 Å². The Morgan fingerprint density at radius 3 is 2.84 bits per heavy atom. The predicted molar refractivity (Wildman–Crippen MR) is 74.8 cm³/mol. The molecule has 0 radical (unpaired) electrons. The second-order valence-electron chi connectivity index (χ2n) is 4.77. The van der Waals surface area contributed by atoms with Crippen molar-refractivity contribution in [3.8, 4) is 0 Å². The van der Waals surface area contributed by atoms with E-state index in [1.165, 1.54) is 12.1 Å². The summed E-state index contributed by atoms with van der Waals surface area (Å²) in [4.78, 5) is 12.3. The maximum absolute atomic E-state index is 10.7. The molecule has 5 nitrogen and oxygen atoms in total. The Hall–Kier alpha value is -1.33. The summed E-state index contributed by atoms with van der Waals surface area (Å²) in [5.41, 5.74) is 0.761. The van der Waals surface area contributed by atoms with E-state index in [-0.39, 0.29) is 18.3 Å².